The summed E-state index contributed by atoms with van der Waals surface area (Å²) in [5.41, 5.74) is -0.00885. The SMILES string of the molecule is CC1CC(O)C(=O)C(=O)CCCc2c(Cl)c(O)cc(O)c2C(=O)O[C@@H](C)C1. The highest BCUT2D eigenvalue weighted by Gasteiger charge is 2.29. The minimum atomic E-state index is -1.39. The van der Waals surface area contributed by atoms with Crippen LogP contribution in [0.5, 0.6) is 11.5 Å². The molecule has 0 aliphatic carbocycles. The number of aromatic hydroxyl groups is 2. The van der Waals surface area contributed by atoms with Gasteiger partial charge in [0.2, 0.25) is 11.6 Å². The maximum atomic E-state index is 12.6. The van der Waals surface area contributed by atoms with Gasteiger partial charge in [0.05, 0.1) is 11.1 Å². The minimum absolute atomic E-state index is 0.0606. The van der Waals surface area contributed by atoms with Gasteiger partial charge in [0, 0.05) is 12.5 Å². The van der Waals surface area contributed by atoms with E-state index in [0.29, 0.717) is 6.42 Å². The molecule has 1 aromatic rings. The smallest absolute Gasteiger partial charge is 0.342 e. The Morgan fingerprint density at radius 3 is 2.41 bits per heavy atom. The van der Waals surface area contributed by atoms with Gasteiger partial charge in [0.1, 0.15) is 23.2 Å². The van der Waals surface area contributed by atoms with E-state index in [1.54, 1.807) is 13.8 Å². The van der Waals surface area contributed by atoms with Gasteiger partial charge in [-0.3, -0.25) is 9.59 Å². The van der Waals surface area contributed by atoms with Gasteiger partial charge in [-0.25, -0.2) is 4.79 Å². The van der Waals surface area contributed by atoms with E-state index in [-0.39, 0.29) is 47.8 Å². The van der Waals surface area contributed by atoms with Crippen LogP contribution in [0.25, 0.3) is 0 Å². The Balaban J connectivity index is 2.42. The highest BCUT2D eigenvalue weighted by molar-refractivity contribution is 6.38. The van der Waals surface area contributed by atoms with Gasteiger partial charge in [0.15, 0.2) is 0 Å². The van der Waals surface area contributed by atoms with Crippen molar-refractivity contribution in [2.75, 3.05) is 0 Å². The number of hydrogen-bond donors (Lipinski definition) is 3. The maximum absolute atomic E-state index is 12.6. The van der Waals surface area contributed by atoms with Crippen LogP contribution in [-0.4, -0.2) is 45.1 Å². The molecule has 7 nitrogen and oxygen atoms in total. The van der Waals surface area contributed by atoms with E-state index >= 15 is 0 Å². The maximum Gasteiger partial charge on any atom is 0.342 e. The van der Waals surface area contributed by atoms with Crippen LogP contribution in [0.2, 0.25) is 5.02 Å². The Morgan fingerprint density at radius 2 is 1.74 bits per heavy atom. The second-order valence-corrected chi connectivity index (χ2v) is 7.41. The molecule has 0 aromatic heterocycles. The molecule has 2 unspecified atom stereocenters. The lowest BCUT2D eigenvalue weighted by Gasteiger charge is -2.21. The quantitative estimate of drug-likeness (QED) is 0.453. The van der Waals surface area contributed by atoms with Crippen molar-refractivity contribution >= 4 is 29.1 Å². The van der Waals surface area contributed by atoms with Gasteiger partial charge in [-0.2, -0.15) is 0 Å². The number of ether oxygens (including phenoxy) is 1. The number of benzene rings is 1. The summed E-state index contributed by atoms with van der Waals surface area (Å²) >= 11 is 6.09. The molecule has 3 atom stereocenters. The summed E-state index contributed by atoms with van der Waals surface area (Å²) < 4.78 is 5.38. The molecule has 8 heteroatoms. The fourth-order valence-corrected chi connectivity index (χ4v) is 3.57. The topological polar surface area (TPSA) is 121 Å². The molecular weight excluding hydrogens is 376 g/mol. The molecule has 0 amide bonds. The van der Waals surface area contributed by atoms with E-state index in [1.807, 2.05) is 0 Å². The van der Waals surface area contributed by atoms with Crippen LogP contribution in [0, 0.1) is 5.92 Å². The highest BCUT2D eigenvalue weighted by atomic mass is 35.5. The number of cyclic esters (lactones) is 1. The number of aliphatic hydroxyl groups excluding tert-OH is 1. The van der Waals surface area contributed by atoms with Gasteiger partial charge in [-0.1, -0.05) is 18.5 Å². The fourth-order valence-electron chi connectivity index (χ4n) is 3.32. The third kappa shape index (κ3) is 4.99. The number of carbonyl (C=O) groups excluding carboxylic acids is 3. The van der Waals surface area contributed by atoms with E-state index in [1.165, 1.54) is 0 Å². The summed E-state index contributed by atoms with van der Waals surface area (Å²) in [6.45, 7) is 3.43. The zero-order valence-electron chi connectivity index (χ0n) is 15.2. The molecule has 0 radical (unpaired) electrons. The molecule has 0 bridgehead atoms. The lowest BCUT2D eigenvalue weighted by Crippen LogP contribution is -2.31. The number of carbonyl (C=O) groups is 3. The Labute approximate surface area is 161 Å². The van der Waals surface area contributed by atoms with Crippen LogP contribution < -0.4 is 0 Å². The van der Waals surface area contributed by atoms with Crippen molar-refractivity contribution in [1.82, 2.24) is 0 Å². The lowest BCUT2D eigenvalue weighted by atomic mass is 9.92. The minimum Gasteiger partial charge on any atom is -0.507 e. The zero-order chi connectivity index (χ0) is 20.3. The predicted octanol–water partition coefficient (Wildman–Crippen LogP) is 2.55. The molecule has 0 fully saturated rings. The number of phenolic OH excluding ortho intramolecular Hbond substituents is 2. The van der Waals surface area contributed by atoms with Crippen molar-refractivity contribution in [2.24, 2.45) is 5.92 Å². The Morgan fingerprint density at radius 1 is 1.07 bits per heavy atom. The average Bonchev–Trinajstić information content (AvgIpc) is 2.56. The molecule has 3 N–H and O–H groups in total. The molecule has 0 spiro atoms. The highest BCUT2D eigenvalue weighted by Crippen LogP contribution is 2.37. The third-order valence-electron chi connectivity index (χ3n) is 4.60. The molecule has 0 saturated carbocycles. The molecule has 27 heavy (non-hydrogen) atoms. The second kappa shape index (κ2) is 8.71. The van der Waals surface area contributed by atoms with Gasteiger partial charge in [0.25, 0.3) is 0 Å². The summed E-state index contributed by atoms with van der Waals surface area (Å²) in [4.78, 5) is 36.6. The van der Waals surface area contributed by atoms with Gasteiger partial charge >= 0.3 is 5.97 Å². The van der Waals surface area contributed by atoms with Crippen LogP contribution in [0.1, 0.15) is 55.5 Å². The van der Waals surface area contributed by atoms with Crippen molar-refractivity contribution in [1.29, 1.82) is 0 Å². The number of hydrogen-bond acceptors (Lipinski definition) is 7. The fraction of sp³-hybridized carbons (Fsp3) is 0.526. The van der Waals surface area contributed by atoms with Crippen molar-refractivity contribution in [3.63, 3.8) is 0 Å². The van der Waals surface area contributed by atoms with Gasteiger partial charge in [-0.15, -0.1) is 0 Å². The first kappa shape index (κ1) is 21.2. The van der Waals surface area contributed by atoms with Crippen LogP contribution in [0.4, 0.5) is 0 Å². The van der Waals surface area contributed by atoms with Crippen molar-refractivity contribution < 1.29 is 34.4 Å². The van der Waals surface area contributed by atoms with Crippen LogP contribution >= 0.6 is 11.6 Å². The molecule has 1 aromatic carbocycles. The van der Waals surface area contributed by atoms with E-state index in [4.69, 9.17) is 16.3 Å². The number of esters is 1. The summed E-state index contributed by atoms with van der Waals surface area (Å²) in [5.74, 6) is -3.38. The van der Waals surface area contributed by atoms with Gasteiger partial charge in [-0.05, 0) is 44.1 Å². The van der Waals surface area contributed by atoms with Crippen molar-refractivity contribution in [3.05, 3.63) is 22.2 Å². The van der Waals surface area contributed by atoms with E-state index in [2.05, 4.69) is 0 Å². The molecule has 1 aliphatic heterocycles. The molecule has 2 rings (SSSR count). The Kier molecular flexibility index (Phi) is 6.84. The second-order valence-electron chi connectivity index (χ2n) is 7.03. The standard InChI is InChI=1S/C19H23ClO7/c1-9-6-10(2)27-19(26)16-11(17(20)14(23)8-13(16)22)4-3-5-12(21)18(25)15(24)7-9/h8-10,15,22-24H,3-7H2,1-2H3/t9?,10-,15?/m0/s1. The van der Waals surface area contributed by atoms with Crippen molar-refractivity contribution in [2.45, 2.75) is 58.2 Å². The van der Waals surface area contributed by atoms with Crippen LogP contribution in [0.15, 0.2) is 6.07 Å². The summed E-state index contributed by atoms with van der Waals surface area (Å²) in [5, 5.41) is 29.8. The molecule has 0 saturated heterocycles. The largest absolute Gasteiger partial charge is 0.507 e. The summed E-state index contributed by atoms with van der Waals surface area (Å²) in [6.07, 6.45) is -1.45. The van der Waals surface area contributed by atoms with E-state index in [9.17, 15) is 29.7 Å². The summed E-state index contributed by atoms with van der Waals surface area (Å²) in [7, 11) is 0. The van der Waals surface area contributed by atoms with Crippen LogP contribution in [0.3, 0.4) is 0 Å². The first-order valence-corrected chi connectivity index (χ1v) is 9.19. The lowest BCUT2D eigenvalue weighted by molar-refractivity contribution is -0.142. The Hall–Kier alpha value is -2.12. The first-order chi connectivity index (χ1) is 12.6. The molecule has 1 heterocycles. The number of fused-ring (bicyclic) bond motifs is 1. The number of aliphatic hydroxyl groups is 1. The number of phenols is 2. The van der Waals surface area contributed by atoms with E-state index < -0.39 is 41.2 Å². The first-order valence-electron chi connectivity index (χ1n) is 8.81. The van der Waals surface area contributed by atoms with E-state index in [0.717, 1.165) is 6.07 Å². The van der Waals surface area contributed by atoms with Gasteiger partial charge < -0.3 is 20.1 Å². The Bertz CT molecular complexity index is 759. The van der Waals surface area contributed by atoms with Crippen LogP contribution in [-0.2, 0) is 20.7 Å². The molecular formula is C19H23ClO7. The zero-order valence-corrected chi connectivity index (χ0v) is 16.0. The number of halogens is 1. The normalized spacial score (nSPS) is 25.5. The summed E-state index contributed by atoms with van der Waals surface area (Å²) in [6, 6.07) is 0.962. The molecule has 1 aliphatic rings. The van der Waals surface area contributed by atoms with Crippen molar-refractivity contribution in [3.8, 4) is 11.5 Å². The third-order valence-corrected chi connectivity index (χ3v) is 5.02. The number of Topliss-reactive ketones (excluding diaryl/α,β-unsaturated/α-hetero) is 2. The number of ketones is 2. The molecule has 148 valence electrons. The number of rotatable bonds is 0. The average molecular weight is 399 g/mol. The monoisotopic (exact) mass is 398 g/mol. The predicted molar refractivity (Wildman–Crippen MR) is 97.0 cm³/mol.